The molecular weight excluding hydrogens is 218 g/mol. The lowest BCUT2D eigenvalue weighted by molar-refractivity contribution is -0.136. The molecule has 0 amide bonds. The van der Waals surface area contributed by atoms with Gasteiger partial charge >= 0.3 is 5.97 Å². The van der Waals surface area contributed by atoms with Gasteiger partial charge in [0.15, 0.2) is 0 Å². The first-order valence-electron chi connectivity index (χ1n) is 4.93. The fraction of sp³-hybridized carbons (Fsp3) is 0.889. The van der Waals surface area contributed by atoms with Crippen LogP contribution in [0.4, 0.5) is 0 Å². The van der Waals surface area contributed by atoms with E-state index in [-0.39, 0.29) is 18.1 Å². The molecule has 0 rings (SSSR count). The van der Waals surface area contributed by atoms with E-state index in [1.54, 1.807) is 0 Å². The number of rotatable bonds is 7. The molecule has 0 aromatic carbocycles. The molecule has 0 aliphatic rings. The summed E-state index contributed by atoms with van der Waals surface area (Å²) in [6, 6.07) is 0. The Kier molecular flexibility index (Phi) is 5.82. The lowest BCUT2D eigenvalue weighted by Gasteiger charge is -2.15. The minimum Gasteiger partial charge on any atom is -0.481 e. The third-order valence-electron chi connectivity index (χ3n) is 2.35. The van der Waals surface area contributed by atoms with E-state index < -0.39 is 16.0 Å². The third-order valence-corrected chi connectivity index (χ3v) is 3.70. The smallest absolute Gasteiger partial charge is 0.304 e. The van der Waals surface area contributed by atoms with Gasteiger partial charge in [0.2, 0.25) is 10.0 Å². The van der Waals surface area contributed by atoms with E-state index in [0.29, 0.717) is 12.5 Å². The van der Waals surface area contributed by atoms with Crippen LogP contribution in [0.1, 0.15) is 27.2 Å². The van der Waals surface area contributed by atoms with Gasteiger partial charge in [0.25, 0.3) is 0 Å². The maximum atomic E-state index is 11.3. The van der Waals surface area contributed by atoms with Gasteiger partial charge in [-0.05, 0) is 11.8 Å². The Hall–Kier alpha value is -0.620. The van der Waals surface area contributed by atoms with E-state index in [2.05, 4.69) is 4.72 Å². The van der Waals surface area contributed by atoms with E-state index in [4.69, 9.17) is 5.11 Å². The van der Waals surface area contributed by atoms with Gasteiger partial charge in [-0.25, -0.2) is 13.1 Å². The molecule has 0 radical (unpaired) electrons. The summed E-state index contributed by atoms with van der Waals surface area (Å²) in [6.07, 6.45) is -0.356. The largest absolute Gasteiger partial charge is 0.481 e. The van der Waals surface area contributed by atoms with E-state index in [9.17, 15) is 13.2 Å². The Morgan fingerprint density at radius 2 is 1.87 bits per heavy atom. The van der Waals surface area contributed by atoms with Crippen molar-refractivity contribution in [3.8, 4) is 0 Å². The molecule has 5 nitrogen and oxygen atoms in total. The summed E-state index contributed by atoms with van der Waals surface area (Å²) >= 11 is 0. The highest BCUT2D eigenvalue weighted by molar-refractivity contribution is 7.89. The molecule has 0 aliphatic heterocycles. The minimum absolute atomic E-state index is 0.240. The molecule has 0 aromatic rings. The molecular formula is C9H19NO4S. The van der Waals surface area contributed by atoms with Crippen molar-refractivity contribution in [3.05, 3.63) is 0 Å². The molecule has 0 saturated carbocycles. The maximum Gasteiger partial charge on any atom is 0.304 e. The monoisotopic (exact) mass is 237 g/mol. The molecule has 90 valence electrons. The number of nitrogens with one attached hydrogen (secondary N) is 1. The van der Waals surface area contributed by atoms with Gasteiger partial charge in [0, 0.05) is 6.54 Å². The maximum absolute atomic E-state index is 11.3. The molecule has 0 aliphatic carbocycles. The summed E-state index contributed by atoms with van der Waals surface area (Å²) < 4.78 is 25.0. The molecule has 2 N–H and O–H groups in total. The number of aliphatic carboxylic acids is 1. The highest BCUT2D eigenvalue weighted by atomic mass is 32.2. The van der Waals surface area contributed by atoms with Crippen molar-refractivity contribution in [2.45, 2.75) is 27.2 Å². The topological polar surface area (TPSA) is 83.5 Å². The highest BCUT2D eigenvalue weighted by Gasteiger charge is 2.15. The van der Waals surface area contributed by atoms with Crippen LogP contribution in [0.3, 0.4) is 0 Å². The number of carboxylic acid groups (broad SMARTS) is 1. The van der Waals surface area contributed by atoms with Crippen molar-refractivity contribution < 1.29 is 18.3 Å². The number of carboxylic acids is 1. The summed E-state index contributed by atoms with van der Waals surface area (Å²) in [5, 5.41) is 8.35. The number of sulfonamides is 1. The highest BCUT2D eigenvalue weighted by Crippen LogP contribution is 2.08. The number of carbonyl (C=O) groups is 1. The number of hydrogen-bond donors (Lipinski definition) is 2. The zero-order chi connectivity index (χ0) is 12.1. The fourth-order valence-corrected chi connectivity index (χ4v) is 1.89. The molecule has 1 atom stereocenters. The molecule has 6 heteroatoms. The second kappa shape index (κ2) is 6.07. The molecule has 1 unspecified atom stereocenters. The van der Waals surface area contributed by atoms with Crippen molar-refractivity contribution in [1.82, 2.24) is 4.72 Å². The van der Waals surface area contributed by atoms with E-state index in [0.717, 1.165) is 0 Å². The molecule has 0 saturated heterocycles. The zero-order valence-electron chi connectivity index (χ0n) is 9.36. The van der Waals surface area contributed by atoms with Crippen molar-refractivity contribution in [3.63, 3.8) is 0 Å². The van der Waals surface area contributed by atoms with Crippen molar-refractivity contribution in [2.24, 2.45) is 11.8 Å². The second-order valence-electron chi connectivity index (χ2n) is 4.03. The van der Waals surface area contributed by atoms with Gasteiger partial charge in [0.1, 0.15) is 0 Å². The quantitative estimate of drug-likeness (QED) is 0.681. The van der Waals surface area contributed by atoms with Crippen molar-refractivity contribution in [1.29, 1.82) is 0 Å². The predicted octanol–water partition coefficient (Wildman–Crippen LogP) is 0.673. The van der Waals surface area contributed by atoms with Crippen LogP contribution in [-0.2, 0) is 14.8 Å². The van der Waals surface area contributed by atoms with Crippen LogP contribution in [0.15, 0.2) is 0 Å². The van der Waals surface area contributed by atoms with Crippen molar-refractivity contribution >= 4 is 16.0 Å². The molecule has 0 fully saturated rings. The Morgan fingerprint density at radius 1 is 1.33 bits per heavy atom. The van der Waals surface area contributed by atoms with Crippen LogP contribution >= 0.6 is 0 Å². The fourth-order valence-electron chi connectivity index (χ4n) is 0.788. The first-order valence-corrected chi connectivity index (χ1v) is 6.59. The average Bonchev–Trinajstić information content (AvgIpc) is 2.11. The Labute approximate surface area is 90.9 Å². The third kappa shape index (κ3) is 7.33. The van der Waals surface area contributed by atoms with Gasteiger partial charge in [-0.3, -0.25) is 4.79 Å². The van der Waals surface area contributed by atoms with Gasteiger partial charge in [-0.1, -0.05) is 20.8 Å². The summed E-state index contributed by atoms with van der Waals surface area (Å²) in [7, 11) is -3.44. The van der Waals surface area contributed by atoms with E-state index >= 15 is 0 Å². The van der Waals surface area contributed by atoms with Gasteiger partial charge < -0.3 is 5.11 Å². The lowest BCUT2D eigenvalue weighted by atomic mass is 9.99. The summed E-state index contributed by atoms with van der Waals surface area (Å²) in [4.78, 5) is 10.2. The first kappa shape index (κ1) is 14.4. The van der Waals surface area contributed by atoms with Gasteiger partial charge in [-0.15, -0.1) is 0 Å². The molecule has 15 heavy (non-hydrogen) atoms. The van der Waals surface area contributed by atoms with Crippen LogP contribution in [0.5, 0.6) is 0 Å². The van der Waals surface area contributed by atoms with Gasteiger partial charge in [-0.2, -0.15) is 0 Å². The Morgan fingerprint density at radius 3 is 2.27 bits per heavy atom. The molecule has 0 bridgehead atoms. The average molecular weight is 237 g/mol. The van der Waals surface area contributed by atoms with E-state index in [1.165, 1.54) is 0 Å². The Balaban J connectivity index is 4.00. The molecule has 0 heterocycles. The van der Waals surface area contributed by atoms with Gasteiger partial charge in [0.05, 0.1) is 12.2 Å². The Bertz CT molecular complexity index is 297. The second-order valence-corrected chi connectivity index (χ2v) is 5.96. The summed E-state index contributed by atoms with van der Waals surface area (Å²) in [6.45, 7) is 6.33. The predicted molar refractivity (Wildman–Crippen MR) is 58.0 cm³/mol. The molecule has 0 aromatic heterocycles. The van der Waals surface area contributed by atoms with E-state index in [1.807, 2.05) is 20.8 Å². The normalized spacial score (nSPS) is 14.1. The first-order chi connectivity index (χ1) is 6.74. The number of hydrogen-bond acceptors (Lipinski definition) is 3. The SMILES string of the molecule is CC(C)C(C)CNS(=O)(=O)CCC(=O)O. The van der Waals surface area contributed by atoms with Crippen LogP contribution in [0.2, 0.25) is 0 Å². The summed E-state index contributed by atoms with van der Waals surface area (Å²) in [5.41, 5.74) is 0. The van der Waals surface area contributed by atoms with Crippen LogP contribution in [0, 0.1) is 11.8 Å². The van der Waals surface area contributed by atoms with Crippen LogP contribution in [-0.4, -0.2) is 31.8 Å². The van der Waals surface area contributed by atoms with Crippen LogP contribution < -0.4 is 4.72 Å². The lowest BCUT2D eigenvalue weighted by Crippen LogP contribution is -2.32. The summed E-state index contributed by atoms with van der Waals surface area (Å²) in [5.74, 6) is -0.818. The van der Waals surface area contributed by atoms with Crippen molar-refractivity contribution in [2.75, 3.05) is 12.3 Å². The molecule has 0 spiro atoms. The standard InChI is InChI=1S/C9H19NO4S/c1-7(2)8(3)6-10-15(13,14)5-4-9(11)12/h7-8,10H,4-6H2,1-3H3,(H,11,12). The minimum atomic E-state index is -3.44. The van der Waals surface area contributed by atoms with Crippen LogP contribution in [0.25, 0.3) is 0 Å². The zero-order valence-corrected chi connectivity index (χ0v) is 10.2.